The van der Waals surface area contributed by atoms with Gasteiger partial charge in [0.15, 0.2) is 0 Å². The number of aromatic nitrogens is 4. The number of amides is 1. The number of halogens is 1. The number of pyridine rings is 2. The van der Waals surface area contributed by atoms with Gasteiger partial charge in [-0.05, 0) is 32.0 Å². The number of alkyl halides is 1. The summed E-state index contributed by atoms with van der Waals surface area (Å²) >= 11 is 0. The molecular formula is C16H16FN5O. The first-order valence-corrected chi connectivity index (χ1v) is 7.12. The summed E-state index contributed by atoms with van der Waals surface area (Å²) in [5.74, 6) is 0.0155. The standard InChI is InChI=1S/C16H16FN5O/c1-16(2,10-17)15(23)22(12-4-3-5-18-8-12)14-6-11-7-20-21-13(11)9-19-14/h3-9H,10H2,1-2H3,(H,20,21). The van der Waals surface area contributed by atoms with Crippen molar-refractivity contribution >= 4 is 28.3 Å². The Morgan fingerprint density at radius 3 is 2.87 bits per heavy atom. The molecule has 3 aromatic heterocycles. The third kappa shape index (κ3) is 2.77. The Bertz CT molecular complexity index is 831. The molecule has 0 unspecified atom stereocenters. The smallest absolute Gasteiger partial charge is 0.241 e. The van der Waals surface area contributed by atoms with Crippen LogP contribution in [0.1, 0.15) is 13.8 Å². The van der Waals surface area contributed by atoms with Crippen molar-refractivity contribution < 1.29 is 9.18 Å². The number of fused-ring (bicyclic) bond motifs is 1. The summed E-state index contributed by atoms with van der Waals surface area (Å²) in [4.78, 5) is 22.6. The molecule has 6 nitrogen and oxygen atoms in total. The summed E-state index contributed by atoms with van der Waals surface area (Å²) in [6, 6.07) is 5.19. The molecular weight excluding hydrogens is 297 g/mol. The Morgan fingerprint density at radius 1 is 1.35 bits per heavy atom. The highest BCUT2D eigenvalue weighted by atomic mass is 19.1. The van der Waals surface area contributed by atoms with Crippen LogP contribution < -0.4 is 4.90 Å². The molecule has 118 valence electrons. The molecule has 0 aliphatic rings. The number of H-pyrrole nitrogens is 1. The predicted octanol–water partition coefficient (Wildman–Crippen LogP) is 3.01. The maximum atomic E-state index is 13.3. The van der Waals surface area contributed by atoms with Crippen LogP contribution in [-0.4, -0.2) is 32.7 Å². The molecule has 0 aromatic carbocycles. The van der Waals surface area contributed by atoms with Gasteiger partial charge in [-0.25, -0.2) is 9.37 Å². The maximum Gasteiger partial charge on any atom is 0.241 e. The minimum atomic E-state index is -1.16. The maximum absolute atomic E-state index is 13.3. The molecule has 0 aliphatic heterocycles. The SMILES string of the molecule is CC(C)(CF)C(=O)N(c1cccnc1)c1cc2cn[nH]c2cn1. The Balaban J connectivity index is 2.13. The quantitative estimate of drug-likeness (QED) is 0.803. The average Bonchev–Trinajstić information content (AvgIpc) is 3.04. The van der Waals surface area contributed by atoms with E-state index in [1.807, 2.05) is 0 Å². The molecule has 7 heteroatoms. The summed E-state index contributed by atoms with van der Waals surface area (Å²) in [5.41, 5.74) is 0.134. The Labute approximate surface area is 132 Å². The van der Waals surface area contributed by atoms with Gasteiger partial charge in [-0.15, -0.1) is 0 Å². The van der Waals surface area contributed by atoms with Gasteiger partial charge >= 0.3 is 0 Å². The van der Waals surface area contributed by atoms with Gasteiger partial charge in [-0.2, -0.15) is 5.10 Å². The molecule has 0 saturated carbocycles. The van der Waals surface area contributed by atoms with E-state index in [2.05, 4.69) is 20.2 Å². The summed E-state index contributed by atoms with van der Waals surface area (Å²) in [5, 5.41) is 7.57. The van der Waals surface area contributed by atoms with Crippen molar-refractivity contribution in [2.75, 3.05) is 11.6 Å². The van der Waals surface area contributed by atoms with Crippen molar-refractivity contribution in [1.82, 2.24) is 20.2 Å². The molecule has 0 bridgehead atoms. The van der Waals surface area contributed by atoms with Gasteiger partial charge in [0.1, 0.15) is 12.5 Å². The Hall–Kier alpha value is -2.83. The zero-order chi connectivity index (χ0) is 16.4. The Morgan fingerprint density at radius 2 is 2.17 bits per heavy atom. The lowest BCUT2D eigenvalue weighted by molar-refractivity contribution is -0.126. The molecule has 0 saturated heterocycles. The predicted molar refractivity (Wildman–Crippen MR) is 85.0 cm³/mol. The van der Waals surface area contributed by atoms with Crippen molar-refractivity contribution in [1.29, 1.82) is 0 Å². The molecule has 0 aliphatic carbocycles. The van der Waals surface area contributed by atoms with E-state index >= 15 is 0 Å². The lowest BCUT2D eigenvalue weighted by Gasteiger charge is -2.29. The Kier molecular flexibility index (Phi) is 3.77. The molecule has 0 spiro atoms. The van der Waals surface area contributed by atoms with Crippen LogP contribution in [0, 0.1) is 5.41 Å². The summed E-state index contributed by atoms with van der Waals surface area (Å²) < 4.78 is 13.3. The number of rotatable bonds is 4. The van der Waals surface area contributed by atoms with E-state index < -0.39 is 12.1 Å². The van der Waals surface area contributed by atoms with Gasteiger partial charge in [0, 0.05) is 11.6 Å². The van der Waals surface area contributed by atoms with Crippen LogP contribution >= 0.6 is 0 Å². The van der Waals surface area contributed by atoms with Crippen LogP contribution in [0.3, 0.4) is 0 Å². The van der Waals surface area contributed by atoms with Crippen LogP contribution in [0.4, 0.5) is 15.9 Å². The number of nitrogens with one attached hydrogen (secondary N) is 1. The van der Waals surface area contributed by atoms with E-state index in [1.54, 1.807) is 56.8 Å². The van der Waals surface area contributed by atoms with E-state index in [1.165, 1.54) is 4.90 Å². The average molecular weight is 313 g/mol. The number of carbonyl (C=O) groups excluding carboxylic acids is 1. The molecule has 0 radical (unpaired) electrons. The van der Waals surface area contributed by atoms with Gasteiger partial charge < -0.3 is 0 Å². The van der Waals surface area contributed by atoms with Gasteiger partial charge in [0.2, 0.25) is 5.91 Å². The fourth-order valence-electron chi connectivity index (χ4n) is 2.15. The zero-order valence-corrected chi connectivity index (χ0v) is 12.8. The summed E-state index contributed by atoms with van der Waals surface area (Å²) in [6.07, 6.45) is 6.40. The largest absolute Gasteiger partial charge is 0.276 e. The van der Waals surface area contributed by atoms with Crippen molar-refractivity contribution in [3.63, 3.8) is 0 Å². The number of nitrogens with zero attached hydrogens (tertiary/aromatic N) is 4. The van der Waals surface area contributed by atoms with Crippen molar-refractivity contribution in [3.8, 4) is 0 Å². The second kappa shape index (κ2) is 5.75. The fraction of sp³-hybridized carbons (Fsp3) is 0.250. The van der Waals surface area contributed by atoms with Crippen LogP contribution in [-0.2, 0) is 4.79 Å². The van der Waals surface area contributed by atoms with E-state index in [0.717, 1.165) is 10.9 Å². The van der Waals surface area contributed by atoms with E-state index in [4.69, 9.17) is 0 Å². The van der Waals surface area contributed by atoms with E-state index in [-0.39, 0.29) is 5.91 Å². The number of hydrogen-bond donors (Lipinski definition) is 1. The van der Waals surface area contributed by atoms with Gasteiger partial charge in [0.25, 0.3) is 0 Å². The second-order valence-corrected chi connectivity index (χ2v) is 5.87. The van der Waals surface area contributed by atoms with Gasteiger partial charge in [-0.3, -0.25) is 19.8 Å². The third-order valence-electron chi connectivity index (χ3n) is 3.56. The molecule has 3 aromatic rings. The lowest BCUT2D eigenvalue weighted by Crippen LogP contribution is -2.40. The molecule has 1 N–H and O–H groups in total. The molecule has 3 heterocycles. The summed E-state index contributed by atoms with van der Waals surface area (Å²) in [7, 11) is 0. The highest BCUT2D eigenvalue weighted by Gasteiger charge is 2.34. The van der Waals surface area contributed by atoms with Crippen molar-refractivity contribution in [2.45, 2.75) is 13.8 Å². The molecule has 0 fully saturated rings. The zero-order valence-electron chi connectivity index (χ0n) is 12.8. The topological polar surface area (TPSA) is 74.8 Å². The monoisotopic (exact) mass is 313 g/mol. The van der Waals surface area contributed by atoms with Crippen LogP contribution in [0.15, 0.2) is 43.0 Å². The van der Waals surface area contributed by atoms with E-state index in [0.29, 0.717) is 11.5 Å². The number of aromatic amines is 1. The van der Waals surface area contributed by atoms with Crippen molar-refractivity contribution in [3.05, 3.63) is 43.0 Å². The number of anilines is 2. The van der Waals surface area contributed by atoms with Crippen molar-refractivity contribution in [2.24, 2.45) is 5.41 Å². The molecule has 23 heavy (non-hydrogen) atoms. The highest BCUT2D eigenvalue weighted by molar-refractivity contribution is 6.03. The van der Waals surface area contributed by atoms with E-state index in [9.17, 15) is 9.18 Å². The first-order chi connectivity index (χ1) is 11.0. The number of hydrogen-bond acceptors (Lipinski definition) is 4. The van der Waals surface area contributed by atoms with Gasteiger partial charge in [-0.1, -0.05) is 0 Å². The van der Waals surface area contributed by atoms with Crippen LogP contribution in [0.2, 0.25) is 0 Å². The summed E-state index contributed by atoms with van der Waals surface area (Å²) in [6.45, 7) is 2.36. The molecule has 3 rings (SSSR count). The minimum Gasteiger partial charge on any atom is -0.276 e. The first-order valence-electron chi connectivity index (χ1n) is 7.12. The van der Waals surface area contributed by atoms with Gasteiger partial charge in [0.05, 0.1) is 35.2 Å². The lowest BCUT2D eigenvalue weighted by atomic mass is 9.93. The van der Waals surface area contributed by atoms with Crippen LogP contribution in [0.5, 0.6) is 0 Å². The second-order valence-electron chi connectivity index (χ2n) is 5.87. The molecule has 1 amide bonds. The fourth-order valence-corrected chi connectivity index (χ4v) is 2.15. The number of carbonyl (C=O) groups is 1. The highest BCUT2D eigenvalue weighted by Crippen LogP contribution is 2.31. The third-order valence-corrected chi connectivity index (χ3v) is 3.56. The minimum absolute atomic E-state index is 0.386. The van der Waals surface area contributed by atoms with Crippen LogP contribution in [0.25, 0.3) is 10.9 Å². The molecule has 0 atom stereocenters. The first kappa shape index (κ1) is 15.1. The normalized spacial score (nSPS) is 11.6.